The molecule has 2 saturated heterocycles. The maximum Gasteiger partial charge on any atom is 0.410 e. The number of aromatic nitrogens is 4. The number of terminal acetylenes is 1. The molecule has 8 rings (SSSR count). The lowest BCUT2D eigenvalue weighted by atomic mass is 9.88. The number of hydrogen-bond donors (Lipinski definition) is 1. The van der Waals surface area contributed by atoms with E-state index in [0.29, 0.717) is 46.8 Å². The second-order valence-electron chi connectivity index (χ2n) is 16.1. The van der Waals surface area contributed by atoms with Gasteiger partial charge < -0.3 is 28.7 Å². The Morgan fingerprint density at radius 1 is 1.05 bits per heavy atom. The number of rotatable bonds is 10. The van der Waals surface area contributed by atoms with E-state index in [1.165, 1.54) is 6.07 Å². The molecule has 4 heterocycles. The first-order chi connectivity index (χ1) is 26.3. The third kappa shape index (κ3) is 6.91. The molecular formula is C43H47FN6O5. The number of aromatic amines is 1. The van der Waals surface area contributed by atoms with E-state index in [9.17, 15) is 4.79 Å². The largest absolute Gasteiger partial charge is 0.486 e. The van der Waals surface area contributed by atoms with Crippen LogP contribution < -0.4 is 14.4 Å². The van der Waals surface area contributed by atoms with Crippen molar-refractivity contribution in [3.05, 3.63) is 70.7 Å². The standard InChI is InChI=1S/C43H47FN6O5/c1-9-26-10-12-27(13-11-26)22-53-39-37(36-23(2)34(44)18-35-33(36)19-45-48-35)31(28-14-15-28)17-32-38(39)46-41(54-25(4)24(3)52-8)47-40(32)49-20-30-16-29(49)21-50(30)42(51)55-43(5,6)7/h1,10-13,17-19,24-25,28-30H,14-16,20-22H2,2-8H3,(H,45,48)/t24-,25-,29-,30-/m0/s1. The molecule has 2 aromatic heterocycles. The summed E-state index contributed by atoms with van der Waals surface area (Å²) in [5.74, 6) is 3.77. The summed E-state index contributed by atoms with van der Waals surface area (Å²) in [6.45, 7) is 12.6. The minimum Gasteiger partial charge on any atom is -0.486 e. The molecule has 2 aliphatic heterocycles. The smallest absolute Gasteiger partial charge is 0.410 e. The Bertz CT molecular complexity index is 2330. The van der Waals surface area contributed by atoms with Crippen LogP contribution in [0.2, 0.25) is 0 Å². The average Bonchev–Trinajstić information content (AvgIpc) is 3.54. The molecule has 0 radical (unpaired) electrons. The SMILES string of the molecule is C#Cc1ccc(COc2c(-c3c(C)c(F)cc4[nH]ncc34)c(C3CC3)cc3c(N4C[C@@H]5C[C@H]4CN5C(=O)OC(C)(C)C)nc(O[C@@H](C)[C@H](C)OC)nc23)cc1. The van der Waals surface area contributed by atoms with Gasteiger partial charge in [0, 0.05) is 47.7 Å². The van der Waals surface area contributed by atoms with Crippen molar-refractivity contribution in [2.75, 3.05) is 25.1 Å². The Kier molecular flexibility index (Phi) is 9.32. The van der Waals surface area contributed by atoms with E-state index in [0.717, 1.165) is 52.3 Å². The van der Waals surface area contributed by atoms with E-state index in [1.807, 2.05) is 63.8 Å². The lowest BCUT2D eigenvalue weighted by Crippen LogP contribution is -2.50. The third-order valence-electron chi connectivity index (χ3n) is 11.1. The fourth-order valence-corrected chi connectivity index (χ4v) is 7.87. The highest BCUT2D eigenvalue weighted by molar-refractivity contribution is 6.06. The van der Waals surface area contributed by atoms with Gasteiger partial charge in [-0.1, -0.05) is 18.1 Å². The molecule has 3 aliphatic rings. The van der Waals surface area contributed by atoms with Crippen molar-refractivity contribution in [2.24, 2.45) is 0 Å². The average molecular weight is 747 g/mol. The van der Waals surface area contributed by atoms with Crippen molar-refractivity contribution in [3.63, 3.8) is 0 Å². The minimum atomic E-state index is -0.595. The quantitative estimate of drug-likeness (QED) is 0.142. The number of fused-ring (bicyclic) bond motifs is 4. The minimum absolute atomic E-state index is 0.00195. The molecule has 12 heteroatoms. The highest BCUT2D eigenvalue weighted by atomic mass is 19.1. The molecule has 1 saturated carbocycles. The molecule has 1 N–H and O–H groups in total. The van der Waals surface area contributed by atoms with E-state index < -0.39 is 5.60 Å². The second-order valence-corrected chi connectivity index (χ2v) is 16.1. The van der Waals surface area contributed by atoms with Gasteiger partial charge >= 0.3 is 12.1 Å². The first-order valence-electron chi connectivity index (χ1n) is 19.0. The normalized spacial score (nSPS) is 19.2. The van der Waals surface area contributed by atoms with Gasteiger partial charge in [0.05, 0.1) is 29.9 Å². The zero-order valence-corrected chi connectivity index (χ0v) is 32.4. The summed E-state index contributed by atoms with van der Waals surface area (Å²) in [7, 11) is 1.64. The number of halogens is 1. The van der Waals surface area contributed by atoms with Crippen molar-refractivity contribution in [1.29, 1.82) is 0 Å². The number of anilines is 1. The fourth-order valence-electron chi connectivity index (χ4n) is 7.87. The molecule has 55 heavy (non-hydrogen) atoms. The van der Waals surface area contributed by atoms with Crippen molar-refractivity contribution in [2.45, 2.75) is 103 Å². The van der Waals surface area contributed by atoms with Crippen molar-refractivity contribution in [3.8, 4) is 35.2 Å². The van der Waals surface area contributed by atoms with E-state index in [2.05, 4.69) is 27.1 Å². The van der Waals surface area contributed by atoms with Crippen molar-refractivity contribution < 1.29 is 28.1 Å². The number of nitrogens with zero attached hydrogens (tertiary/aromatic N) is 5. The molecule has 286 valence electrons. The summed E-state index contributed by atoms with van der Waals surface area (Å²) < 4.78 is 40.6. The highest BCUT2D eigenvalue weighted by Crippen LogP contribution is 2.53. The zero-order valence-electron chi connectivity index (χ0n) is 32.4. The van der Waals surface area contributed by atoms with Crippen LogP contribution in [0.3, 0.4) is 0 Å². The van der Waals surface area contributed by atoms with Gasteiger partial charge in [0.1, 0.15) is 35.5 Å². The number of H-pyrrole nitrogens is 1. The van der Waals surface area contributed by atoms with Gasteiger partial charge in [-0.3, -0.25) is 5.10 Å². The molecule has 0 unspecified atom stereocenters. The predicted octanol–water partition coefficient (Wildman–Crippen LogP) is 8.06. The predicted molar refractivity (Wildman–Crippen MR) is 209 cm³/mol. The highest BCUT2D eigenvalue weighted by Gasteiger charge is 2.48. The third-order valence-corrected chi connectivity index (χ3v) is 11.1. The lowest BCUT2D eigenvalue weighted by molar-refractivity contribution is 0.0189. The number of piperazine rings is 1. The molecule has 3 fully saturated rings. The summed E-state index contributed by atoms with van der Waals surface area (Å²) in [4.78, 5) is 27.6. The number of carbonyl (C=O) groups excluding carboxylic acids is 1. The fraction of sp³-hybridized carbons (Fsp3) is 0.442. The maximum absolute atomic E-state index is 15.8. The number of likely N-dealkylation sites (tertiary alicyclic amines) is 1. The lowest BCUT2D eigenvalue weighted by Gasteiger charge is -2.36. The van der Waals surface area contributed by atoms with E-state index in [1.54, 1.807) is 20.2 Å². The molecule has 0 spiro atoms. The molecule has 1 amide bonds. The Labute approximate surface area is 320 Å². The van der Waals surface area contributed by atoms with E-state index in [4.69, 9.17) is 35.3 Å². The topological polar surface area (TPSA) is 115 Å². The number of ether oxygens (including phenoxy) is 4. The Balaban J connectivity index is 1.34. The van der Waals surface area contributed by atoms with Crippen LogP contribution in [-0.2, 0) is 16.1 Å². The molecule has 2 bridgehead atoms. The van der Waals surface area contributed by atoms with Crippen LogP contribution >= 0.6 is 0 Å². The molecule has 4 atom stereocenters. The number of methoxy groups -OCH3 is 1. The second kappa shape index (κ2) is 14.0. The summed E-state index contributed by atoms with van der Waals surface area (Å²) in [6.07, 6.45) is 9.21. The number of carbonyl (C=O) groups is 1. The first-order valence-corrected chi connectivity index (χ1v) is 19.0. The van der Waals surface area contributed by atoms with Gasteiger partial charge in [0.2, 0.25) is 0 Å². The van der Waals surface area contributed by atoms with Crippen LogP contribution in [0.15, 0.2) is 42.6 Å². The number of amides is 1. The Hall–Kier alpha value is -5.41. The van der Waals surface area contributed by atoms with Crippen molar-refractivity contribution >= 4 is 33.7 Å². The van der Waals surface area contributed by atoms with Crippen LogP contribution in [0.25, 0.3) is 32.9 Å². The summed E-state index contributed by atoms with van der Waals surface area (Å²) >= 11 is 0. The molecule has 11 nitrogen and oxygen atoms in total. The monoisotopic (exact) mass is 746 g/mol. The molecule has 5 aromatic rings. The Morgan fingerprint density at radius 3 is 2.47 bits per heavy atom. The molecule has 3 aromatic carbocycles. The van der Waals surface area contributed by atoms with Gasteiger partial charge in [0.25, 0.3) is 0 Å². The van der Waals surface area contributed by atoms with Gasteiger partial charge in [-0.2, -0.15) is 15.1 Å². The number of hydrogen-bond acceptors (Lipinski definition) is 9. The van der Waals surface area contributed by atoms with Crippen LogP contribution in [0.1, 0.15) is 82.1 Å². The van der Waals surface area contributed by atoms with Crippen LogP contribution in [0.4, 0.5) is 15.0 Å². The van der Waals surface area contributed by atoms with E-state index in [-0.39, 0.29) is 54.7 Å². The van der Waals surface area contributed by atoms with E-state index >= 15 is 4.39 Å². The summed E-state index contributed by atoms with van der Waals surface area (Å²) in [6, 6.07) is 11.4. The first kappa shape index (κ1) is 36.6. The van der Waals surface area contributed by atoms with Crippen LogP contribution in [0, 0.1) is 25.1 Å². The maximum atomic E-state index is 15.8. The zero-order chi connectivity index (χ0) is 38.8. The number of nitrogens with one attached hydrogen (secondary N) is 1. The molecule has 1 aliphatic carbocycles. The summed E-state index contributed by atoms with van der Waals surface area (Å²) in [5.41, 5.74) is 5.25. The van der Waals surface area contributed by atoms with Gasteiger partial charge in [-0.15, -0.1) is 6.42 Å². The van der Waals surface area contributed by atoms with Gasteiger partial charge in [-0.25, -0.2) is 9.18 Å². The van der Waals surface area contributed by atoms with Crippen LogP contribution in [0.5, 0.6) is 11.8 Å². The number of benzene rings is 3. The molecular weight excluding hydrogens is 700 g/mol. The van der Waals surface area contributed by atoms with Gasteiger partial charge in [-0.05, 0) is 108 Å². The van der Waals surface area contributed by atoms with Crippen molar-refractivity contribution in [1.82, 2.24) is 25.1 Å². The Morgan fingerprint density at radius 2 is 1.82 bits per heavy atom. The van der Waals surface area contributed by atoms with Crippen LogP contribution in [-0.4, -0.2) is 81.3 Å². The summed E-state index contributed by atoms with van der Waals surface area (Å²) in [5, 5.41) is 8.87. The van der Waals surface area contributed by atoms with Gasteiger partial charge in [0.15, 0.2) is 5.75 Å².